The highest BCUT2D eigenvalue weighted by atomic mass is 19.1. The van der Waals surface area contributed by atoms with Crippen molar-refractivity contribution < 1.29 is 13.9 Å². The molecule has 15 heavy (non-hydrogen) atoms. The van der Waals surface area contributed by atoms with Crippen molar-refractivity contribution in [2.24, 2.45) is 5.73 Å². The van der Waals surface area contributed by atoms with Crippen LogP contribution in [0.3, 0.4) is 0 Å². The van der Waals surface area contributed by atoms with Crippen molar-refractivity contribution in [3.05, 3.63) is 29.1 Å². The van der Waals surface area contributed by atoms with E-state index in [1.54, 1.807) is 0 Å². The first-order chi connectivity index (χ1) is 7.07. The zero-order valence-corrected chi connectivity index (χ0v) is 8.21. The lowest BCUT2D eigenvalue weighted by Crippen LogP contribution is -2.14. The molecule has 0 heterocycles. The van der Waals surface area contributed by atoms with Gasteiger partial charge >= 0.3 is 0 Å². The molecule has 0 bridgehead atoms. The van der Waals surface area contributed by atoms with Crippen molar-refractivity contribution >= 4 is 5.91 Å². The van der Waals surface area contributed by atoms with Crippen molar-refractivity contribution in [2.75, 3.05) is 6.61 Å². The maximum Gasteiger partial charge on any atom is 0.249 e. The van der Waals surface area contributed by atoms with Gasteiger partial charge < -0.3 is 10.5 Å². The highest BCUT2D eigenvalue weighted by Crippen LogP contribution is 2.22. The third kappa shape index (κ3) is 2.26. The van der Waals surface area contributed by atoms with Crippen molar-refractivity contribution in [1.29, 1.82) is 0 Å². The zero-order chi connectivity index (χ0) is 11.4. The Labute approximate surface area is 87.0 Å². The van der Waals surface area contributed by atoms with Crippen LogP contribution in [0.25, 0.3) is 0 Å². The van der Waals surface area contributed by atoms with E-state index in [2.05, 4.69) is 5.92 Å². The lowest BCUT2D eigenvalue weighted by atomic mass is 10.1. The molecule has 1 aromatic carbocycles. The van der Waals surface area contributed by atoms with Crippen LogP contribution in [0, 0.1) is 25.1 Å². The minimum absolute atomic E-state index is 0.0215. The minimum Gasteiger partial charge on any atom is -0.478 e. The van der Waals surface area contributed by atoms with Crippen molar-refractivity contribution in [1.82, 2.24) is 0 Å². The summed E-state index contributed by atoms with van der Waals surface area (Å²) in [6.07, 6.45) is 4.97. The van der Waals surface area contributed by atoms with E-state index in [0.717, 1.165) is 0 Å². The van der Waals surface area contributed by atoms with E-state index >= 15 is 0 Å². The fourth-order valence-corrected chi connectivity index (χ4v) is 1.16. The summed E-state index contributed by atoms with van der Waals surface area (Å²) in [6, 6.07) is 2.74. The number of hydrogen-bond donors (Lipinski definition) is 1. The van der Waals surface area contributed by atoms with Gasteiger partial charge in [-0.2, -0.15) is 0 Å². The second-order valence-corrected chi connectivity index (χ2v) is 2.91. The number of amides is 1. The van der Waals surface area contributed by atoms with E-state index in [0.29, 0.717) is 0 Å². The molecule has 0 unspecified atom stereocenters. The summed E-state index contributed by atoms with van der Waals surface area (Å²) in [6.45, 7) is 1.43. The third-order valence-corrected chi connectivity index (χ3v) is 1.93. The van der Waals surface area contributed by atoms with Gasteiger partial charge in [-0.3, -0.25) is 4.79 Å². The molecular weight excluding hydrogens is 197 g/mol. The van der Waals surface area contributed by atoms with Crippen molar-refractivity contribution in [3.63, 3.8) is 0 Å². The number of benzene rings is 1. The van der Waals surface area contributed by atoms with Gasteiger partial charge in [0.1, 0.15) is 6.61 Å². The molecule has 3 nitrogen and oxygen atoms in total. The molecule has 0 radical (unpaired) electrons. The summed E-state index contributed by atoms with van der Waals surface area (Å²) >= 11 is 0. The monoisotopic (exact) mass is 207 g/mol. The number of rotatable bonds is 3. The average molecular weight is 207 g/mol. The maximum absolute atomic E-state index is 13.5. The number of halogens is 1. The lowest BCUT2D eigenvalue weighted by Gasteiger charge is -2.08. The summed E-state index contributed by atoms with van der Waals surface area (Å²) in [5, 5.41) is 0. The molecule has 0 aliphatic rings. The Bertz CT molecular complexity index is 435. The number of hydrogen-bond acceptors (Lipinski definition) is 2. The molecule has 2 N–H and O–H groups in total. The maximum atomic E-state index is 13.5. The van der Waals surface area contributed by atoms with Gasteiger partial charge in [0.15, 0.2) is 11.6 Å². The van der Waals surface area contributed by atoms with Crippen LogP contribution >= 0.6 is 0 Å². The molecule has 0 spiro atoms. The SMILES string of the molecule is C#CCOc1ccc(C(N)=O)c(C)c1F. The second-order valence-electron chi connectivity index (χ2n) is 2.91. The van der Waals surface area contributed by atoms with Gasteiger partial charge in [0.2, 0.25) is 5.91 Å². The predicted octanol–water partition coefficient (Wildman–Crippen LogP) is 1.25. The Hall–Kier alpha value is -2.02. The van der Waals surface area contributed by atoms with Gasteiger partial charge in [0, 0.05) is 11.1 Å². The molecular formula is C11H10FNO2. The summed E-state index contributed by atoms with van der Waals surface area (Å²) in [7, 11) is 0. The number of carbonyl (C=O) groups is 1. The fraction of sp³-hybridized carbons (Fsp3) is 0.182. The quantitative estimate of drug-likeness (QED) is 0.758. The fourth-order valence-electron chi connectivity index (χ4n) is 1.16. The first-order valence-corrected chi connectivity index (χ1v) is 4.23. The Morgan fingerprint density at radius 2 is 2.33 bits per heavy atom. The number of terminal acetylenes is 1. The van der Waals surface area contributed by atoms with E-state index in [1.807, 2.05) is 0 Å². The summed E-state index contributed by atoms with van der Waals surface area (Å²) in [5.41, 5.74) is 5.36. The Morgan fingerprint density at radius 1 is 1.67 bits per heavy atom. The molecule has 1 amide bonds. The van der Waals surface area contributed by atoms with Crippen molar-refractivity contribution in [2.45, 2.75) is 6.92 Å². The highest BCUT2D eigenvalue weighted by Gasteiger charge is 2.13. The molecule has 0 saturated carbocycles. The average Bonchev–Trinajstić information content (AvgIpc) is 2.20. The smallest absolute Gasteiger partial charge is 0.249 e. The topological polar surface area (TPSA) is 52.3 Å². The van der Waals surface area contributed by atoms with Crippen LogP contribution in [-0.4, -0.2) is 12.5 Å². The van der Waals surface area contributed by atoms with E-state index in [1.165, 1.54) is 19.1 Å². The molecule has 4 heteroatoms. The van der Waals surface area contributed by atoms with Crippen LogP contribution in [-0.2, 0) is 0 Å². The van der Waals surface area contributed by atoms with Gasteiger partial charge in [-0.1, -0.05) is 5.92 Å². The largest absolute Gasteiger partial charge is 0.478 e. The van der Waals surface area contributed by atoms with Crippen LogP contribution in [0.2, 0.25) is 0 Å². The lowest BCUT2D eigenvalue weighted by molar-refractivity contribution is 0.0999. The number of ether oxygens (including phenoxy) is 1. The second kappa shape index (κ2) is 4.47. The first kappa shape index (κ1) is 11.1. The van der Waals surface area contributed by atoms with Crippen LogP contribution < -0.4 is 10.5 Å². The Kier molecular flexibility index (Phi) is 3.29. The molecule has 0 saturated heterocycles. The van der Waals surface area contributed by atoms with Crippen molar-refractivity contribution in [3.8, 4) is 18.1 Å². The summed E-state index contributed by atoms with van der Waals surface area (Å²) < 4.78 is 18.5. The standard InChI is InChI=1S/C11H10FNO2/c1-3-6-15-9-5-4-8(11(13)14)7(2)10(9)12/h1,4-5H,6H2,2H3,(H2,13,14). The number of nitrogens with two attached hydrogens (primary N) is 1. The van der Waals surface area contributed by atoms with Gasteiger partial charge in [0.25, 0.3) is 0 Å². The Balaban J connectivity index is 3.11. The van der Waals surface area contributed by atoms with Gasteiger partial charge in [-0.05, 0) is 19.1 Å². The van der Waals surface area contributed by atoms with Crippen LogP contribution in [0.4, 0.5) is 4.39 Å². The van der Waals surface area contributed by atoms with E-state index < -0.39 is 11.7 Å². The molecule has 0 aliphatic heterocycles. The van der Waals surface area contributed by atoms with Gasteiger partial charge in [-0.15, -0.1) is 6.42 Å². The molecule has 1 rings (SSSR count). The molecule has 0 aromatic heterocycles. The van der Waals surface area contributed by atoms with Crippen LogP contribution in [0.1, 0.15) is 15.9 Å². The molecule has 0 fully saturated rings. The Morgan fingerprint density at radius 3 is 2.87 bits per heavy atom. The van der Waals surface area contributed by atoms with E-state index in [4.69, 9.17) is 16.9 Å². The first-order valence-electron chi connectivity index (χ1n) is 4.23. The van der Waals surface area contributed by atoms with E-state index in [-0.39, 0.29) is 23.5 Å². The number of carbonyl (C=O) groups excluding carboxylic acids is 1. The number of primary amides is 1. The van der Waals surface area contributed by atoms with Crippen LogP contribution in [0.15, 0.2) is 12.1 Å². The summed E-state index contributed by atoms with van der Waals surface area (Å²) in [5.74, 6) is 0.962. The van der Waals surface area contributed by atoms with Gasteiger partial charge in [0.05, 0.1) is 0 Å². The normalized spacial score (nSPS) is 9.40. The predicted molar refractivity (Wildman–Crippen MR) is 54.0 cm³/mol. The third-order valence-electron chi connectivity index (χ3n) is 1.93. The zero-order valence-electron chi connectivity index (χ0n) is 8.21. The molecule has 78 valence electrons. The van der Waals surface area contributed by atoms with Gasteiger partial charge in [-0.25, -0.2) is 4.39 Å². The van der Waals surface area contributed by atoms with Crippen LogP contribution in [0.5, 0.6) is 5.75 Å². The minimum atomic E-state index is -0.671. The summed E-state index contributed by atoms with van der Waals surface area (Å²) in [4.78, 5) is 10.9. The molecule has 0 aliphatic carbocycles. The highest BCUT2D eigenvalue weighted by molar-refractivity contribution is 5.94. The van der Waals surface area contributed by atoms with E-state index in [9.17, 15) is 9.18 Å². The molecule has 0 atom stereocenters. The molecule has 1 aromatic rings.